The van der Waals surface area contributed by atoms with Gasteiger partial charge in [0.1, 0.15) is 5.82 Å². The molecule has 0 aliphatic rings. The lowest BCUT2D eigenvalue weighted by atomic mass is 10.1. The Morgan fingerprint density at radius 2 is 1.87 bits per heavy atom. The van der Waals surface area contributed by atoms with E-state index >= 15 is 0 Å². The van der Waals surface area contributed by atoms with Crippen LogP contribution < -0.4 is 4.90 Å². The van der Waals surface area contributed by atoms with Crippen molar-refractivity contribution >= 4 is 26.4 Å². The molecule has 1 aromatic rings. The molecule has 0 bridgehead atoms. The van der Waals surface area contributed by atoms with Crippen LogP contribution in [0.5, 0.6) is 0 Å². The highest BCUT2D eigenvalue weighted by Gasteiger charge is 2.30. The average Bonchev–Trinajstić information content (AvgIpc) is 2.70. The summed E-state index contributed by atoms with van der Waals surface area (Å²) in [6.07, 6.45) is -5.54. The zero-order valence-corrected chi connectivity index (χ0v) is 19.0. The Kier molecular flexibility index (Phi) is 13.2. The predicted octanol–water partition coefficient (Wildman–Crippen LogP) is 3.80. The zero-order chi connectivity index (χ0) is 24.2. The fourth-order valence-electron chi connectivity index (χ4n) is 2.26. The van der Waals surface area contributed by atoms with Gasteiger partial charge in [-0.3, -0.25) is 14.2 Å². The van der Waals surface area contributed by atoms with Crippen LogP contribution in [0.1, 0.15) is 39.7 Å². The van der Waals surface area contributed by atoms with Gasteiger partial charge in [-0.2, -0.15) is 13.2 Å². The minimum absolute atomic E-state index is 0.196. The van der Waals surface area contributed by atoms with E-state index in [-0.39, 0.29) is 24.2 Å². The molecule has 0 aliphatic carbocycles. The molecule has 1 heterocycles. The Labute approximate surface area is 180 Å². The van der Waals surface area contributed by atoms with Crippen molar-refractivity contribution in [2.45, 2.75) is 46.8 Å². The number of pyridine rings is 1. The van der Waals surface area contributed by atoms with Gasteiger partial charge < -0.3 is 19.4 Å². The summed E-state index contributed by atoms with van der Waals surface area (Å²) in [4.78, 5) is 47.8. The van der Waals surface area contributed by atoms with E-state index in [1.807, 2.05) is 13.8 Å². The summed E-state index contributed by atoms with van der Waals surface area (Å²) >= 11 is 0. The number of aromatic nitrogens is 1. The van der Waals surface area contributed by atoms with Gasteiger partial charge >= 0.3 is 20.9 Å². The molecule has 0 saturated heterocycles. The van der Waals surface area contributed by atoms with Gasteiger partial charge in [0.05, 0.1) is 13.0 Å². The number of hydrogen-bond acceptors (Lipinski definition) is 7. The molecule has 0 aromatic carbocycles. The molecular formula is C18H29F3N3O6P. The molecule has 0 unspecified atom stereocenters. The van der Waals surface area contributed by atoms with E-state index in [1.165, 1.54) is 30.3 Å². The Morgan fingerprint density at radius 1 is 1.26 bits per heavy atom. The molecule has 1 rings (SSSR count). The monoisotopic (exact) mass is 471 g/mol. The number of amides is 2. The van der Waals surface area contributed by atoms with Crippen LogP contribution in [0.15, 0.2) is 18.3 Å². The molecule has 13 heteroatoms. The first-order valence-corrected chi connectivity index (χ1v) is 10.6. The first-order chi connectivity index (χ1) is 14.4. The second kappa shape index (κ2) is 14.1. The normalized spacial score (nSPS) is 11.1. The zero-order valence-electron chi connectivity index (χ0n) is 18.1. The number of alkyl halides is 3. The molecule has 2 N–H and O–H groups in total. The Hall–Kier alpha value is -2.01. The van der Waals surface area contributed by atoms with Crippen molar-refractivity contribution in [2.24, 2.45) is 5.92 Å². The number of hydrogen-bond donors (Lipinski definition) is 2. The van der Waals surface area contributed by atoms with Crippen LogP contribution in [0.2, 0.25) is 0 Å². The maximum atomic E-state index is 12.6. The molecule has 0 aliphatic heterocycles. The summed E-state index contributed by atoms with van der Waals surface area (Å²) in [7, 11) is -1.30. The van der Waals surface area contributed by atoms with Crippen LogP contribution in [0.3, 0.4) is 0 Å². The summed E-state index contributed by atoms with van der Waals surface area (Å²) in [6, 6.07) is 3.05. The largest absolute Gasteiger partial charge is 0.422 e. The van der Waals surface area contributed by atoms with Crippen LogP contribution in [0.25, 0.3) is 0 Å². The Bertz CT molecular complexity index is 692. The van der Waals surface area contributed by atoms with E-state index in [1.54, 1.807) is 13.8 Å². The third-order valence-electron chi connectivity index (χ3n) is 3.64. The van der Waals surface area contributed by atoms with Crippen molar-refractivity contribution in [1.82, 2.24) is 9.88 Å². The molecule has 0 saturated carbocycles. The van der Waals surface area contributed by atoms with E-state index < -0.39 is 40.6 Å². The highest BCUT2D eigenvalue weighted by molar-refractivity contribution is 7.39. The van der Waals surface area contributed by atoms with Crippen LogP contribution in [0, 0.1) is 5.92 Å². The number of carbonyl (C=O) groups excluding carboxylic acids is 2. The fraction of sp³-hybridized carbons (Fsp3) is 0.611. The van der Waals surface area contributed by atoms with Crippen molar-refractivity contribution in [3.05, 3.63) is 23.9 Å². The minimum atomic E-state index is -4.51. The number of ether oxygens (including phenoxy) is 1. The van der Waals surface area contributed by atoms with Crippen LogP contribution in [-0.2, 0) is 20.6 Å². The van der Waals surface area contributed by atoms with Crippen molar-refractivity contribution in [3.8, 4) is 0 Å². The molecule has 1 aromatic heterocycles. The summed E-state index contributed by atoms with van der Waals surface area (Å²) in [6.45, 7) is 5.50. The number of rotatable bonds is 9. The molecule has 0 radical (unpaired) electrons. The van der Waals surface area contributed by atoms with Gasteiger partial charge in [-0.05, 0) is 6.07 Å². The van der Waals surface area contributed by atoms with Gasteiger partial charge in [-0.1, -0.05) is 33.8 Å². The molecule has 9 nitrogen and oxygen atoms in total. The third-order valence-corrected chi connectivity index (χ3v) is 3.98. The number of carbonyl (C=O) groups is 2. The van der Waals surface area contributed by atoms with Crippen LogP contribution in [-0.4, -0.2) is 58.2 Å². The SMILES string of the molecule is CC.CC(C)C(=O)N(C)c1ncccc1CN(CCC(F)(F)F)C(=O)OCOP(O)O. The van der Waals surface area contributed by atoms with Crippen molar-refractivity contribution in [3.63, 3.8) is 0 Å². The minimum Gasteiger partial charge on any atom is -0.422 e. The maximum absolute atomic E-state index is 12.6. The predicted molar refractivity (Wildman–Crippen MR) is 109 cm³/mol. The summed E-state index contributed by atoms with van der Waals surface area (Å²) in [5, 5.41) is 0. The van der Waals surface area contributed by atoms with Gasteiger partial charge in [0.2, 0.25) is 12.7 Å². The van der Waals surface area contributed by atoms with E-state index in [9.17, 15) is 22.8 Å². The molecule has 2 amide bonds. The summed E-state index contributed by atoms with van der Waals surface area (Å²) in [5.41, 5.74) is 0.329. The lowest BCUT2D eigenvalue weighted by Crippen LogP contribution is -2.36. The van der Waals surface area contributed by atoms with Gasteiger partial charge in [0.15, 0.2) is 0 Å². The lowest BCUT2D eigenvalue weighted by Gasteiger charge is -2.26. The summed E-state index contributed by atoms with van der Waals surface area (Å²) in [5.74, 6) is -0.409. The first-order valence-electron chi connectivity index (χ1n) is 9.43. The quantitative estimate of drug-likeness (QED) is 0.416. The molecule has 0 atom stereocenters. The topological polar surface area (TPSA) is 112 Å². The van der Waals surface area contributed by atoms with E-state index in [0.29, 0.717) is 5.56 Å². The standard InChI is InChI=1S/C16H23F3N3O6P.C2H6/c1-11(2)14(23)21(3)13-12(5-4-7-20-13)9-22(8-6-16(17,18)19)15(24)27-10-28-29(25)26;1-2/h4-5,7,11,25-26H,6,8-10H2,1-3H3;1-2H3. The van der Waals surface area contributed by atoms with E-state index in [2.05, 4.69) is 14.2 Å². The molecular weight excluding hydrogens is 442 g/mol. The molecule has 178 valence electrons. The molecule has 0 spiro atoms. The van der Waals surface area contributed by atoms with Crippen LogP contribution >= 0.6 is 8.60 Å². The highest BCUT2D eigenvalue weighted by Crippen LogP contribution is 2.25. The number of nitrogens with zero attached hydrogens (tertiary/aromatic N) is 3. The fourth-order valence-corrected chi connectivity index (χ4v) is 2.41. The van der Waals surface area contributed by atoms with Crippen molar-refractivity contribution in [1.29, 1.82) is 0 Å². The summed E-state index contributed by atoms with van der Waals surface area (Å²) < 4.78 is 46.9. The van der Waals surface area contributed by atoms with Gasteiger partial charge in [0, 0.05) is 31.3 Å². The van der Waals surface area contributed by atoms with Crippen molar-refractivity contribution in [2.75, 3.05) is 25.3 Å². The third kappa shape index (κ3) is 11.3. The van der Waals surface area contributed by atoms with E-state index in [0.717, 1.165) is 4.90 Å². The van der Waals surface area contributed by atoms with Gasteiger partial charge in [0.25, 0.3) is 0 Å². The van der Waals surface area contributed by atoms with Gasteiger partial charge in [-0.25, -0.2) is 9.78 Å². The van der Waals surface area contributed by atoms with E-state index in [4.69, 9.17) is 9.79 Å². The Morgan fingerprint density at radius 3 is 2.39 bits per heavy atom. The lowest BCUT2D eigenvalue weighted by molar-refractivity contribution is -0.137. The molecule has 31 heavy (non-hydrogen) atoms. The average molecular weight is 471 g/mol. The van der Waals surface area contributed by atoms with Crippen molar-refractivity contribution < 1.29 is 41.8 Å². The second-order valence-electron chi connectivity index (χ2n) is 6.23. The number of halogens is 3. The smallest absolute Gasteiger partial charge is 0.412 e. The van der Waals surface area contributed by atoms with Crippen LogP contribution in [0.4, 0.5) is 23.8 Å². The maximum Gasteiger partial charge on any atom is 0.412 e. The highest BCUT2D eigenvalue weighted by atomic mass is 31.2. The second-order valence-corrected chi connectivity index (χ2v) is 7.00. The molecule has 0 fully saturated rings. The Balaban J connectivity index is 0.00000436. The first kappa shape index (κ1) is 29.0. The van der Waals surface area contributed by atoms with Gasteiger partial charge in [-0.15, -0.1) is 0 Å². The number of anilines is 1.